The predicted octanol–water partition coefficient (Wildman–Crippen LogP) is 5.78. The van der Waals surface area contributed by atoms with Gasteiger partial charge < -0.3 is 5.32 Å². The first-order chi connectivity index (χ1) is 13.9. The standard InChI is InChI=1S/C21H16Cl2N2O2S2/c22-16-10-9-15(13-17(16)23)24-19(26)11-12-25-20(27)18(29-21(25)28)8-4-7-14-5-2-1-3-6-14/h1-10,13H,11-12H2,(H,24,26). The molecule has 2 amide bonds. The van der Waals surface area contributed by atoms with Gasteiger partial charge in [0.15, 0.2) is 0 Å². The van der Waals surface area contributed by atoms with Gasteiger partial charge in [-0.1, -0.05) is 89.7 Å². The molecule has 0 aromatic heterocycles. The quantitative estimate of drug-likeness (QED) is 0.436. The van der Waals surface area contributed by atoms with Crippen LogP contribution in [-0.4, -0.2) is 27.6 Å². The summed E-state index contributed by atoms with van der Waals surface area (Å²) in [6.07, 6.45) is 5.58. The fraction of sp³-hybridized carbons (Fsp3) is 0.0952. The molecule has 0 spiro atoms. The van der Waals surface area contributed by atoms with Crippen molar-refractivity contribution in [1.29, 1.82) is 0 Å². The molecular formula is C21H16Cl2N2O2S2. The van der Waals surface area contributed by atoms with Crippen molar-refractivity contribution in [2.24, 2.45) is 0 Å². The number of thiocarbonyl (C=S) groups is 1. The van der Waals surface area contributed by atoms with Crippen LogP contribution in [-0.2, 0) is 9.59 Å². The second-order valence-corrected chi connectivity index (χ2v) is 8.54. The Kier molecular flexibility index (Phi) is 7.50. The van der Waals surface area contributed by atoms with Gasteiger partial charge in [-0.25, -0.2) is 0 Å². The maximum atomic E-state index is 12.6. The second-order valence-electron chi connectivity index (χ2n) is 6.05. The van der Waals surface area contributed by atoms with Crippen molar-refractivity contribution in [1.82, 2.24) is 4.90 Å². The van der Waals surface area contributed by atoms with Crippen LogP contribution in [0.15, 0.2) is 65.6 Å². The Hall–Kier alpha value is -2.12. The van der Waals surface area contributed by atoms with Crippen molar-refractivity contribution in [3.05, 3.63) is 81.2 Å². The molecule has 29 heavy (non-hydrogen) atoms. The molecule has 4 nitrogen and oxygen atoms in total. The number of benzene rings is 2. The lowest BCUT2D eigenvalue weighted by Crippen LogP contribution is -2.31. The molecule has 2 aromatic rings. The number of rotatable bonds is 6. The van der Waals surface area contributed by atoms with Crippen LogP contribution < -0.4 is 5.32 Å². The van der Waals surface area contributed by atoms with E-state index >= 15 is 0 Å². The minimum absolute atomic E-state index is 0.111. The number of nitrogens with zero attached hydrogens (tertiary/aromatic N) is 1. The average molecular weight is 463 g/mol. The Morgan fingerprint density at radius 1 is 1.14 bits per heavy atom. The zero-order valence-electron chi connectivity index (χ0n) is 15.1. The SMILES string of the molecule is O=C(CCN1C(=O)C(=CC=Cc2ccccc2)SC1=S)Nc1ccc(Cl)c(Cl)c1. The molecule has 1 N–H and O–H groups in total. The molecule has 8 heteroatoms. The molecule has 1 aliphatic heterocycles. The zero-order chi connectivity index (χ0) is 20.8. The number of anilines is 1. The van der Waals surface area contributed by atoms with Crippen molar-refractivity contribution in [3.63, 3.8) is 0 Å². The van der Waals surface area contributed by atoms with Gasteiger partial charge in [-0.2, -0.15) is 0 Å². The van der Waals surface area contributed by atoms with Crippen LogP contribution in [0.1, 0.15) is 12.0 Å². The molecule has 0 atom stereocenters. The lowest BCUT2D eigenvalue weighted by Gasteiger charge is -2.14. The van der Waals surface area contributed by atoms with Gasteiger partial charge in [0.1, 0.15) is 4.32 Å². The van der Waals surface area contributed by atoms with Crippen LogP contribution in [0.4, 0.5) is 5.69 Å². The van der Waals surface area contributed by atoms with E-state index in [0.717, 1.165) is 5.56 Å². The monoisotopic (exact) mass is 462 g/mol. The van der Waals surface area contributed by atoms with E-state index in [1.807, 2.05) is 42.5 Å². The number of thioether (sulfide) groups is 1. The van der Waals surface area contributed by atoms with E-state index in [2.05, 4.69) is 5.32 Å². The number of hydrogen-bond acceptors (Lipinski definition) is 4. The van der Waals surface area contributed by atoms with Crippen molar-refractivity contribution < 1.29 is 9.59 Å². The molecule has 0 radical (unpaired) electrons. The van der Waals surface area contributed by atoms with Gasteiger partial charge in [-0.15, -0.1) is 0 Å². The smallest absolute Gasteiger partial charge is 0.266 e. The molecule has 0 unspecified atom stereocenters. The van der Waals surface area contributed by atoms with Gasteiger partial charge in [-0.05, 0) is 29.8 Å². The van der Waals surface area contributed by atoms with E-state index in [1.54, 1.807) is 24.3 Å². The number of hydrogen-bond donors (Lipinski definition) is 1. The largest absolute Gasteiger partial charge is 0.326 e. The van der Waals surface area contributed by atoms with E-state index in [-0.39, 0.29) is 24.8 Å². The maximum Gasteiger partial charge on any atom is 0.266 e. The molecule has 1 heterocycles. The fourth-order valence-electron chi connectivity index (χ4n) is 2.53. The summed E-state index contributed by atoms with van der Waals surface area (Å²) in [6.45, 7) is 0.206. The van der Waals surface area contributed by atoms with Gasteiger partial charge >= 0.3 is 0 Å². The van der Waals surface area contributed by atoms with E-state index in [1.165, 1.54) is 16.7 Å². The molecule has 148 valence electrons. The van der Waals surface area contributed by atoms with Gasteiger partial charge in [0, 0.05) is 18.7 Å². The summed E-state index contributed by atoms with van der Waals surface area (Å²) in [5.74, 6) is -0.439. The highest BCUT2D eigenvalue weighted by Crippen LogP contribution is 2.31. The number of halogens is 2. The zero-order valence-corrected chi connectivity index (χ0v) is 18.2. The molecule has 0 bridgehead atoms. The summed E-state index contributed by atoms with van der Waals surface area (Å²) in [6, 6.07) is 14.6. The Morgan fingerprint density at radius 3 is 2.62 bits per heavy atom. The van der Waals surface area contributed by atoms with Crippen LogP contribution in [0.5, 0.6) is 0 Å². The Balaban J connectivity index is 1.55. The van der Waals surface area contributed by atoms with Gasteiger partial charge in [-0.3, -0.25) is 14.5 Å². The van der Waals surface area contributed by atoms with Gasteiger partial charge in [0.25, 0.3) is 5.91 Å². The number of carbonyl (C=O) groups is 2. The fourth-order valence-corrected chi connectivity index (χ4v) is 4.09. The number of nitrogens with one attached hydrogen (secondary N) is 1. The van der Waals surface area contributed by atoms with Crippen molar-refractivity contribution in [3.8, 4) is 0 Å². The van der Waals surface area contributed by atoms with E-state index in [0.29, 0.717) is 25.0 Å². The summed E-state index contributed by atoms with van der Waals surface area (Å²) in [7, 11) is 0. The first-order valence-corrected chi connectivity index (χ1v) is 10.6. The minimum atomic E-state index is -0.245. The van der Waals surface area contributed by atoms with Gasteiger partial charge in [0.2, 0.25) is 5.91 Å². The summed E-state index contributed by atoms with van der Waals surface area (Å²) in [5, 5.41) is 3.50. The first kappa shape index (κ1) is 21.6. The van der Waals surface area contributed by atoms with Crippen LogP contribution >= 0.6 is 47.2 Å². The van der Waals surface area contributed by atoms with E-state index in [9.17, 15) is 9.59 Å². The molecular weight excluding hydrogens is 447 g/mol. The Labute approximate surface area is 188 Å². The third kappa shape index (κ3) is 5.93. The highest BCUT2D eigenvalue weighted by Gasteiger charge is 2.31. The van der Waals surface area contributed by atoms with E-state index in [4.69, 9.17) is 35.4 Å². The highest BCUT2D eigenvalue weighted by molar-refractivity contribution is 8.26. The predicted molar refractivity (Wildman–Crippen MR) is 125 cm³/mol. The molecule has 0 saturated carbocycles. The van der Waals surface area contributed by atoms with Crippen molar-refractivity contribution in [2.45, 2.75) is 6.42 Å². The third-order valence-corrected chi connectivity index (χ3v) is 6.11. The molecule has 1 saturated heterocycles. The van der Waals surface area contributed by atoms with Crippen LogP contribution in [0, 0.1) is 0 Å². The van der Waals surface area contributed by atoms with Crippen LogP contribution in [0.25, 0.3) is 6.08 Å². The van der Waals surface area contributed by atoms with Crippen molar-refractivity contribution in [2.75, 3.05) is 11.9 Å². The molecule has 2 aromatic carbocycles. The highest BCUT2D eigenvalue weighted by atomic mass is 35.5. The summed E-state index contributed by atoms with van der Waals surface area (Å²) in [4.78, 5) is 26.7. The topological polar surface area (TPSA) is 49.4 Å². The lowest BCUT2D eigenvalue weighted by molar-refractivity contribution is -0.122. The third-order valence-electron chi connectivity index (χ3n) is 3.98. The molecule has 3 rings (SSSR count). The summed E-state index contributed by atoms with van der Waals surface area (Å²) >= 11 is 18.3. The van der Waals surface area contributed by atoms with Gasteiger partial charge in [0.05, 0.1) is 15.0 Å². The minimum Gasteiger partial charge on any atom is -0.326 e. The lowest BCUT2D eigenvalue weighted by atomic mass is 10.2. The van der Waals surface area contributed by atoms with Crippen LogP contribution in [0.2, 0.25) is 10.0 Å². The number of allylic oxidation sites excluding steroid dienone is 2. The summed E-state index contributed by atoms with van der Waals surface area (Å²) < 4.78 is 0.441. The Morgan fingerprint density at radius 2 is 1.90 bits per heavy atom. The average Bonchev–Trinajstić information content (AvgIpc) is 2.97. The van der Waals surface area contributed by atoms with E-state index < -0.39 is 0 Å². The molecule has 1 fully saturated rings. The van der Waals surface area contributed by atoms with Crippen LogP contribution in [0.3, 0.4) is 0 Å². The summed E-state index contributed by atoms with van der Waals surface area (Å²) in [5.41, 5.74) is 1.58. The first-order valence-electron chi connectivity index (χ1n) is 8.66. The van der Waals surface area contributed by atoms with Crippen molar-refractivity contribution >= 4 is 75.1 Å². The number of amides is 2. The normalized spacial score (nSPS) is 15.5. The second kappa shape index (κ2) is 10.1. The Bertz CT molecular complexity index is 1010. The number of carbonyl (C=O) groups excluding carboxylic acids is 2. The molecule has 1 aliphatic rings. The maximum absolute atomic E-state index is 12.6. The molecule has 0 aliphatic carbocycles.